The van der Waals surface area contributed by atoms with E-state index < -0.39 is 10.0 Å². The summed E-state index contributed by atoms with van der Waals surface area (Å²) in [6.07, 6.45) is 0. The normalized spacial score (nSPS) is 11.8. The minimum atomic E-state index is -3.42. The van der Waals surface area contributed by atoms with E-state index in [-0.39, 0.29) is 0 Å². The van der Waals surface area contributed by atoms with Crippen molar-refractivity contribution in [1.29, 1.82) is 0 Å². The highest BCUT2D eigenvalue weighted by atomic mass is 32.2. The molecule has 2 aromatic rings. The van der Waals surface area contributed by atoms with E-state index in [2.05, 4.69) is 10.0 Å². The van der Waals surface area contributed by atoms with E-state index >= 15 is 0 Å². The van der Waals surface area contributed by atoms with Crippen LogP contribution in [0.2, 0.25) is 0 Å². The number of hydrogen-bond acceptors (Lipinski definition) is 3. The lowest BCUT2D eigenvalue weighted by Gasteiger charge is -2.08. The predicted molar refractivity (Wildman–Crippen MR) is 77.7 cm³/mol. The zero-order valence-corrected chi connectivity index (χ0v) is 11.7. The van der Waals surface area contributed by atoms with Gasteiger partial charge in [0.05, 0.1) is 4.90 Å². The van der Waals surface area contributed by atoms with Crippen molar-refractivity contribution >= 4 is 20.8 Å². The Kier molecular flexibility index (Phi) is 4.52. The first-order valence-electron chi connectivity index (χ1n) is 6.32. The van der Waals surface area contributed by atoms with Crippen molar-refractivity contribution in [3.05, 3.63) is 42.5 Å². The molecule has 2 aromatic carbocycles. The van der Waals surface area contributed by atoms with Crippen LogP contribution in [0.4, 0.5) is 0 Å². The third-order valence-corrected chi connectivity index (χ3v) is 4.33. The molecule has 0 unspecified atom stereocenters. The highest BCUT2D eigenvalue weighted by Gasteiger charge is 2.13. The average Bonchev–Trinajstić information content (AvgIpc) is 2.43. The highest BCUT2D eigenvalue weighted by Crippen LogP contribution is 2.18. The van der Waals surface area contributed by atoms with Gasteiger partial charge in [-0.25, -0.2) is 13.1 Å². The van der Waals surface area contributed by atoms with Gasteiger partial charge < -0.3 is 5.32 Å². The van der Waals surface area contributed by atoms with Crippen molar-refractivity contribution in [1.82, 2.24) is 10.0 Å². The Hall–Kier alpha value is -1.43. The predicted octanol–water partition coefficient (Wildman–Crippen LogP) is 1.73. The first kappa shape index (κ1) is 14.0. The largest absolute Gasteiger partial charge is 0.316 e. The summed E-state index contributed by atoms with van der Waals surface area (Å²) in [4.78, 5) is 0.308. The average molecular weight is 278 g/mol. The summed E-state index contributed by atoms with van der Waals surface area (Å²) in [5, 5.41) is 5.04. The maximum atomic E-state index is 12.1. The van der Waals surface area contributed by atoms with Gasteiger partial charge in [0.25, 0.3) is 0 Å². The lowest BCUT2D eigenvalue weighted by Crippen LogP contribution is -2.31. The van der Waals surface area contributed by atoms with Gasteiger partial charge in [0, 0.05) is 13.1 Å². The number of rotatable bonds is 6. The van der Waals surface area contributed by atoms with Crippen LogP contribution in [0, 0.1) is 0 Å². The van der Waals surface area contributed by atoms with E-state index in [4.69, 9.17) is 0 Å². The van der Waals surface area contributed by atoms with E-state index in [0.717, 1.165) is 17.3 Å². The molecule has 0 aliphatic heterocycles. The quantitative estimate of drug-likeness (QED) is 0.791. The SMILES string of the molecule is CCNCCNS(=O)(=O)c1ccc2ccccc2c1. The fourth-order valence-electron chi connectivity index (χ4n) is 1.87. The van der Waals surface area contributed by atoms with E-state index in [1.165, 1.54) is 0 Å². The molecule has 0 atom stereocenters. The van der Waals surface area contributed by atoms with E-state index in [1.807, 2.05) is 37.3 Å². The zero-order valence-electron chi connectivity index (χ0n) is 10.9. The fraction of sp³-hybridized carbons (Fsp3) is 0.286. The van der Waals surface area contributed by atoms with Gasteiger partial charge in [-0.1, -0.05) is 37.3 Å². The van der Waals surface area contributed by atoms with Crippen LogP contribution in [0.25, 0.3) is 10.8 Å². The van der Waals surface area contributed by atoms with Crippen LogP contribution in [-0.2, 0) is 10.0 Å². The molecule has 0 aromatic heterocycles. The topological polar surface area (TPSA) is 58.2 Å². The molecular formula is C14H18N2O2S. The molecule has 0 aliphatic rings. The number of likely N-dealkylation sites (N-methyl/N-ethyl adjacent to an activating group) is 1. The molecular weight excluding hydrogens is 260 g/mol. The van der Waals surface area contributed by atoms with Crippen LogP contribution in [0.15, 0.2) is 47.4 Å². The molecule has 0 amide bonds. The Morgan fingerprint density at radius 2 is 1.74 bits per heavy atom. The van der Waals surface area contributed by atoms with Gasteiger partial charge in [-0.3, -0.25) is 0 Å². The monoisotopic (exact) mass is 278 g/mol. The van der Waals surface area contributed by atoms with Crippen LogP contribution in [-0.4, -0.2) is 28.1 Å². The van der Waals surface area contributed by atoms with Gasteiger partial charge in [0.1, 0.15) is 0 Å². The maximum absolute atomic E-state index is 12.1. The molecule has 5 heteroatoms. The van der Waals surface area contributed by atoms with Gasteiger partial charge in [0.15, 0.2) is 0 Å². The van der Waals surface area contributed by atoms with Gasteiger partial charge >= 0.3 is 0 Å². The van der Waals surface area contributed by atoms with Crippen molar-refractivity contribution in [2.45, 2.75) is 11.8 Å². The third kappa shape index (κ3) is 3.53. The Morgan fingerprint density at radius 3 is 2.47 bits per heavy atom. The maximum Gasteiger partial charge on any atom is 0.240 e. The summed E-state index contributed by atoms with van der Waals surface area (Å²) >= 11 is 0. The van der Waals surface area contributed by atoms with Crippen molar-refractivity contribution in [2.24, 2.45) is 0 Å². The highest BCUT2D eigenvalue weighted by molar-refractivity contribution is 7.89. The summed E-state index contributed by atoms with van der Waals surface area (Å²) < 4.78 is 26.8. The van der Waals surface area contributed by atoms with Crippen LogP contribution >= 0.6 is 0 Å². The molecule has 2 rings (SSSR count). The molecule has 0 saturated heterocycles. The molecule has 0 bridgehead atoms. The summed E-state index contributed by atoms with van der Waals surface area (Å²) in [7, 11) is -3.42. The first-order valence-corrected chi connectivity index (χ1v) is 7.81. The molecule has 0 spiro atoms. The number of sulfonamides is 1. The molecule has 0 fully saturated rings. The van der Waals surface area contributed by atoms with Crippen molar-refractivity contribution in [2.75, 3.05) is 19.6 Å². The second-order valence-corrected chi connectivity index (χ2v) is 6.03. The molecule has 0 radical (unpaired) electrons. The number of hydrogen-bond donors (Lipinski definition) is 2. The summed E-state index contributed by atoms with van der Waals surface area (Å²) in [5.41, 5.74) is 0. The molecule has 2 N–H and O–H groups in total. The summed E-state index contributed by atoms with van der Waals surface area (Å²) in [6, 6.07) is 12.9. The summed E-state index contributed by atoms with van der Waals surface area (Å²) in [6.45, 7) is 3.84. The number of benzene rings is 2. The smallest absolute Gasteiger partial charge is 0.240 e. The molecule has 102 valence electrons. The van der Waals surface area contributed by atoms with E-state index in [9.17, 15) is 8.42 Å². The zero-order chi connectivity index (χ0) is 13.7. The lowest BCUT2D eigenvalue weighted by molar-refractivity contribution is 0.577. The van der Waals surface area contributed by atoms with Gasteiger partial charge in [0.2, 0.25) is 10.0 Å². The van der Waals surface area contributed by atoms with Crippen LogP contribution in [0.3, 0.4) is 0 Å². The van der Waals surface area contributed by atoms with Crippen LogP contribution in [0.1, 0.15) is 6.92 Å². The molecule has 0 saturated carbocycles. The second-order valence-electron chi connectivity index (χ2n) is 4.26. The van der Waals surface area contributed by atoms with E-state index in [0.29, 0.717) is 18.0 Å². The minimum absolute atomic E-state index is 0.308. The van der Waals surface area contributed by atoms with Crippen molar-refractivity contribution < 1.29 is 8.42 Å². The van der Waals surface area contributed by atoms with Gasteiger partial charge in [-0.15, -0.1) is 0 Å². The van der Waals surface area contributed by atoms with Crippen molar-refractivity contribution in [3.63, 3.8) is 0 Å². The Labute approximate surface area is 113 Å². The standard InChI is InChI=1S/C14H18N2O2S/c1-2-15-9-10-16-19(17,18)14-8-7-12-5-3-4-6-13(12)11-14/h3-8,11,15-16H,2,9-10H2,1H3. The van der Waals surface area contributed by atoms with Crippen LogP contribution < -0.4 is 10.0 Å². The Bertz CT molecular complexity index is 653. The van der Waals surface area contributed by atoms with Crippen molar-refractivity contribution in [3.8, 4) is 0 Å². The first-order chi connectivity index (χ1) is 9.13. The Morgan fingerprint density at radius 1 is 1.00 bits per heavy atom. The fourth-order valence-corrected chi connectivity index (χ4v) is 2.94. The third-order valence-electron chi connectivity index (χ3n) is 2.88. The lowest BCUT2D eigenvalue weighted by atomic mass is 10.1. The molecule has 0 aliphatic carbocycles. The minimum Gasteiger partial charge on any atom is -0.316 e. The van der Waals surface area contributed by atoms with Crippen LogP contribution in [0.5, 0.6) is 0 Å². The van der Waals surface area contributed by atoms with Gasteiger partial charge in [-0.05, 0) is 29.4 Å². The van der Waals surface area contributed by atoms with E-state index in [1.54, 1.807) is 12.1 Å². The van der Waals surface area contributed by atoms with Gasteiger partial charge in [-0.2, -0.15) is 0 Å². The molecule has 19 heavy (non-hydrogen) atoms. The molecule has 0 heterocycles. The Balaban J connectivity index is 2.18. The number of nitrogens with one attached hydrogen (secondary N) is 2. The molecule has 4 nitrogen and oxygen atoms in total. The summed E-state index contributed by atoms with van der Waals surface area (Å²) in [5.74, 6) is 0. The second kappa shape index (κ2) is 6.14. The number of fused-ring (bicyclic) bond motifs is 1.